The van der Waals surface area contributed by atoms with Crippen LogP contribution in [-0.4, -0.2) is 40.3 Å². The molecule has 15 heavy (non-hydrogen) atoms. The normalized spacial score (nSPS) is 21.4. The van der Waals surface area contributed by atoms with Gasteiger partial charge < -0.3 is 4.90 Å². The van der Waals surface area contributed by atoms with Crippen LogP contribution >= 0.6 is 11.8 Å². The van der Waals surface area contributed by atoms with Crippen LogP contribution in [0.1, 0.15) is 17.3 Å². The first kappa shape index (κ1) is 10.4. The van der Waals surface area contributed by atoms with E-state index >= 15 is 0 Å². The van der Waals surface area contributed by atoms with Crippen molar-refractivity contribution in [1.29, 1.82) is 0 Å². The van der Waals surface area contributed by atoms with Crippen LogP contribution in [0, 0.1) is 0 Å². The van der Waals surface area contributed by atoms with Crippen LogP contribution < -0.4 is 4.90 Å². The summed E-state index contributed by atoms with van der Waals surface area (Å²) in [5.41, 5.74) is 0.526. The molecule has 0 aromatic carbocycles. The van der Waals surface area contributed by atoms with Gasteiger partial charge in [0.2, 0.25) is 5.95 Å². The minimum atomic E-state index is 0.526. The highest BCUT2D eigenvalue weighted by Crippen LogP contribution is 2.20. The van der Waals surface area contributed by atoms with Crippen LogP contribution in [0.4, 0.5) is 5.95 Å². The Bertz CT molecular complexity index is 341. The van der Waals surface area contributed by atoms with Gasteiger partial charge >= 0.3 is 0 Å². The number of nitrogens with zero attached hydrogens (tertiary/aromatic N) is 3. The molecule has 1 saturated heterocycles. The second-order valence-electron chi connectivity index (χ2n) is 3.56. The molecule has 0 N–H and O–H groups in total. The number of anilines is 1. The molecule has 0 spiro atoms. The lowest BCUT2D eigenvalue weighted by Crippen LogP contribution is -2.37. The SMILES string of the molecule is CC1CN(c2ncc(C=O)cn2)CCS1. The van der Waals surface area contributed by atoms with E-state index in [4.69, 9.17) is 0 Å². The van der Waals surface area contributed by atoms with Gasteiger partial charge in [-0.2, -0.15) is 11.8 Å². The van der Waals surface area contributed by atoms with Gasteiger partial charge in [-0.15, -0.1) is 0 Å². The van der Waals surface area contributed by atoms with Crippen LogP contribution in [-0.2, 0) is 0 Å². The van der Waals surface area contributed by atoms with E-state index in [9.17, 15) is 4.79 Å². The summed E-state index contributed by atoms with van der Waals surface area (Å²) < 4.78 is 0. The summed E-state index contributed by atoms with van der Waals surface area (Å²) in [5.74, 6) is 1.84. The van der Waals surface area contributed by atoms with Gasteiger partial charge in [0.25, 0.3) is 0 Å². The third-order valence-electron chi connectivity index (χ3n) is 2.32. The maximum atomic E-state index is 10.4. The van der Waals surface area contributed by atoms with E-state index < -0.39 is 0 Å². The molecule has 0 radical (unpaired) electrons. The molecule has 1 aromatic heterocycles. The molecular formula is C10H13N3OS. The van der Waals surface area contributed by atoms with Crippen molar-refractivity contribution in [1.82, 2.24) is 9.97 Å². The molecule has 1 aliphatic rings. The Hall–Kier alpha value is -1.10. The summed E-state index contributed by atoms with van der Waals surface area (Å²) in [6.45, 7) is 4.16. The zero-order valence-electron chi connectivity index (χ0n) is 8.59. The first-order valence-electron chi connectivity index (χ1n) is 4.93. The third-order valence-corrected chi connectivity index (χ3v) is 3.45. The van der Waals surface area contributed by atoms with Crippen molar-refractivity contribution >= 4 is 24.0 Å². The molecular weight excluding hydrogens is 210 g/mol. The molecule has 1 aliphatic heterocycles. The van der Waals surface area contributed by atoms with Crippen molar-refractivity contribution in [3.8, 4) is 0 Å². The highest BCUT2D eigenvalue weighted by atomic mass is 32.2. The molecule has 1 fully saturated rings. The van der Waals surface area contributed by atoms with Gasteiger partial charge in [0.05, 0.1) is 5.56 Å². The molecule has 0 amide bonds. The fourth-order valence-corrected chi connectivity index (χ4v) is 2.57. The molecule has 1 aromatic rings. The van der Waals surface area contributed by atoms with Crippen LogP contribution in [0.5, 0.6) is 0 Å². The quantitative estimate of drug-likeness (QED) is 0.706. The molecule has 5 heteroatoms. The van der Waals surface area contributed by atoms with E-state index in [0.29, 0.717) is 10.8 Å². The van der Waals surface area contributed by atoms with E-state index in [1.54, 1.807) is 12.4 Å². The van der Waals surface area contributed by atoms with Crippen LogP contribution in [0.25, 0.3) is 0 Å². The largest absolute Gasteiger partial charge is 0.339 e. The van der Waals surface area contributed by atoms with Gasteiger partial charge in [0, 0.05) is 36.5 Å². The molecule has 2 rings (SSSR count). The summed E-state index contributed by atoms with van der Waals surface area (Å²) in [6, 6.07) is 0. The van der Waals surface area contributed by atoms with E-state index in [1.807, 2.05) is 11.8 Å². The number of rotatable bonds is 2. The number of aldehydes is 1. The predicted octanol–water partition coefficient (Wildman–Crippen LogP) is 1.23. The second kappa shape index (κ2) is 4.61. The highest BCUT2D eigenvalue weighted by molar-refractivity contribution is 8.00. The van der Waals surface area contributed by atoms with E-state index in [0.717, 1.165) is 31.1 Å². The monoisotopic (exact) mass is 223 g/mol. The van der Waals surface area contributed by atoms with Gasteiger partial charge in [-0.3, -0.25) is 4.79 Å². The number of hydrogen-bond acceptors (Lipinski definition) is 5. The highest BCUT2D eigenvalue weighted by Gasteiger charge is 2.18. The van der Waals surface area contributed by atoms with Gasteiger partial charge in [-0.05, 0) is 0 Å². The summed E-state index contributed by atoms with van der Waals surface area (Å²) in [6.07, 6.45) is 3.90. The Balaban J connectivity index is 2.11. The Morgan fingerprint density at radius 3 is 2.87 bits per heavy atom. The average Bonchev–Trinajstić information content (AvgIpc) is 2.29. The Morgan fingerprint density at radius 2 is 2.27 bits per heavy atom. The summed E-state index contributed by atoms with van der Waals surface area (Å²) >= 11 is 1.97. The van der Waals surface area contributed by atoms with Crippen molar-refractivity contribution < 1.29 is 4.79 Å². The van der Waals surface area contributed by atoms with Crippen molar-refractivity contribution in [3.63, 3.8) is 0 Å². The van der Waals surface area contributed by atoms with Crippen molar-refractivity contribution in [2.45, 2.75) is 12.2 Å². The standard InChI is InChI=1S/C10H13N3OS/c1-8-6-13(2-3-15-8)10-11-4-9(7-14)5-12-10/h4-5,7-8H,2-3,6H2,1H3. The van der Waals surface area contributed by atoms with Crippen LogP contribution in [0.3, 0.4) is 0 Å². The van der Waals surface area contributed by atoms with E-state index in [-0.39, 0.29) is 0 Å². The first-order valence-corrected chi connectivity index (χ1v) is 5.98. The smallest absolute Gasteiger partial charge is 0.225 e. The van der Waals surface area contributed by atoms with Crippen molar-refractivity contribution in [3.05, 3.63) is 18.0 Å². The van der Waals surface area contributed by atoms with Gasteiger partial charge in [0.15, 0.2) is 6.29 Å². The summed E-state index contributed by atoms with van der Waals surface area (Å²) in [5, 5.41) is 0.619. The number of carbonyl (C=O) groups is 1. The van der Waals surface area contributed by atoms with Gasteiger partial charge in [-0.25, -0.2) is 9.97 Å². The molecule has 80 valence electrons. The number of hydrogen-bond donors (Lipinski definition) is 0. The van der Waals surface area contributed by atoms with Crippen LogP contribution in [0.2, 0.25) is 0 Å². The maximum absolute atomic E-state index is 10.4. The first-order chi connectivity index (χ1) is 7.29. The van der Waals surface area contributed by atoms with E-state index in [1.165, 1.54) is 0 Å². The lowest BCUT2D eigenvalue weighted by Gasteiger charge is -2.30. The topological polar surface area (TPSA) is 46.1 Å². The third kappa shape index (κ3) is 2.47. The minimum Gasteiger partial charge on any atom is -0.339 e. The van der Waals surface area contributed by atoms with Crippen LogP contribution in [0.15, 0.2) is 12.4 Å². The molecule has 2 heterocycles. The lowest BCUT2D eigenvalue weighted by atomic mass is 10.4. The van der Waals surface area contributed by atoms with Crippen molar-refractivity contribution in [2.75, 3.05) is 23.7 Å². The van der Waals surface area contributed by atoms with E-state index in [2.05, 4.69) is 21.8 Å². The lowest BCUT2D eigenvalue weighted by molar-refractivity contribution is 0.112. The molecule has 0 bridgehead atoms. The Kier molecular flexibility index (Phi) is 3.20. The molecule has 1 unspecified atom stereocenters. The van der Waals surface area contributed by atoms with Gasteiger partial charge in [0.1, 0.15) is 0 Å². The van der Waals surface area contributed by atoms with Crippen molar-refractivity contribution in [2.24, 2.45) is 0 Å². The molecule has 0 saturated carbocycles. The number of carbonyl (C=O) groups excluding carboxylic acids is 1. The Morgan fingerprint density at radius 1 is 1.53 bits per heavy atom. The minimum absolute atomic E-state index is 0.526. The molecule has 1 atom stereocenters. The number of thioether (sulfide) groups is 1. The Labute approximate surface area is 93.1 Å². The fourth-order valence-electron chi connectivity index (χ4n) is 1.56. The second-order valence-corrected chi connectivity index (χ2v) is 5.11. The van der Waals surface area contributed by atoms with Gasteiger partial charge in [-0.1, -0.05) is 6.92 Å². The molecule has 0 aliphatic carbocycles. The maximum Gasteiger partial charge on any atom is 0.225 e. The summed E-state index contributed by atoms with van der Waals surface area (Å²) in [7, 11) is 0. The number of aromatic nitrogens is 2. The fraction of sp³-hybridized carbons (Fsp3) is 0.500. The molecule has 4 nitrogen and oxygen atoms in total. The zero-order valence-corrected chi connectivity index (χ0v) is 9.41. The zero-order chi connectivity index (χ0) is 10.7. The predicted molar refractivity (Wildman–Crippen MR) is 61.6 cm³/mol. The summed E-state index contributed by atoms with van der Waals surface area (Å²) in [4.78, 5) is 21.0. The average molecular weight is 223 g/mol.